The fourth-order valence-electron chi connectivity index (χ4n) is 2.85. The van der Waals surface area contributed by atoms with Gasteiger partial charge in [-0.2, -0.15) is 5.10 Å². The number of anilines is 2. The number of hydrogen-bond donors (Lipinski definition) is 2. The van der Waals surface area contributed by atoms with Gasteiger partial charge < -0.3 is 10.6 Å². The lowest BCUT2D eigenvalue weighted by Crippen LogP contribution is -2.20. The maximum Gasteiger partial charge on any atom is 0.175 e. The van der Waals surface area contributed by atoms with E-state index in [4.69, 9.17) is 12.2 Å². The molecule has 0 radical (unpaired) electrons. The Morgan fingerprint density at radius 3 is 2.33 bits per heavy atom. The molecule has 5 nitrogen and oxygen atoms in total. The Morgan fingerprint density at radius 2 is 1.70 bits per heavy atom. The summed E-state index contributed by atoms with van der Waals surface area (Å²) in [6.07, 6.45) is 0. The quantitative estimate of drug-likeness (QED) is 0.503. The van der Waals surface area contributed by atoms with E-state index in [1.807, 2.05) is 48.9 Å². The standard InChI is InChI=1S/C21H22N4OS/c1-14-20(15(2)25(24-14)13-17-7-5-4-6-8-17)23-21(27)22-19-11-9-18(10-12-19)16(3)26/h4-12H,13H2,1-3H3,(H2,22,23,27). The molecule has 3 aromatic rings. The van der Waals surface area contributed by atoms with Gasteiger partial charge in [-0.25, -0.2) is 0 Å². The van der Waals surface area contributed by atoms with Crippen LogP contribution >= 0.6 is 12.2 Å². The van der Waals surface area contributed by atoms with Gasteiger partial charge >= 0.3 is 0 Å². The first kappa shape index (κ1) is 18.8. The second-order valence-electron chi connectivity index (χ2n) is 6.40. The zero-order chi connectivity index (χ0) is 19.4. The van der Waals surface area contributed by atoms with E-state index in [2.05, 4.69) is 27.9 Å². The summed E-state index contributed by atoms with van der Waals surface area (Å²) in [5, 5.41) is 11.5. The van der Waals surface area contributed by atoms with Gasteiger partial charge in [0.1, 0.15) is 0 Å². The highest BCUT2D eigenvalue weighted by atomic mass is 32.1. The summed E-state index contributed by atoms with van der Waals surface area (Å²) in [6, 6.07) is 17.5. The van der Waals surface area contributed by atoms with E-state index < -0.39 is 0 Å². The number of ketones is 1. The van der Waals surface area contributed by atoms with E-state index in [1.165, 1.54) is 5.56 Å². The monoisotopic (exact) mass is 378 g/mol. The third kappa shape index (κ3) is 4.60. The van der Waals surface area contributed by atoms with E-state index in [1.54, 1.807) is 19.1 Å². The molecule has 2 N–H and O–H groups in total. The molecular formula is C21H22N4OS. The minimum absolute atomic E-state index is 0.0410. The molecule has 2 aromatic carbocycles. The molecule has 0 saturated heterocycles. The summed E-state index contributed by atoms with van der Waals surface area (Å²) in [4.78, 5) is 11.4. The average Bonchev–Trinajstić information content (AvgIpc) is 2.90. The lowest BCUT2D eigenvalue weighted by molar-refractivity contribution is 0.101. The van der Waals surface area contributed by atoms with Crippen LogP contribution in [0, 0.1) is 13.8 Å². The summed E-state index contributed by atoms with van der Waals surface area (Å²) in [6.45, 7) is 6.24. The number of Topliss-reactive ketones (excluding diaryl/α,β-unsaturated/α-hetero) is 1. The third-order valence-corrected chi connectivity index (χ3v) is 4.55. The van der Waals surface area contributed by atoms with Gasteiger partial charge in [-0.3, -0.25) is 9.48 Å². The molecule has 0 fully saturated rings. The molecule has 138 valence electrons. The Labute approximate surface area is 164 Å². The number of thiocarbonyl (C=S) groups is 1. The molecule has 0 spiro atoms. The van der Waals surface area contributed by atoms with E-state index >= 15 is 0 Å². The zero-order valence-corrected chi connectivity index (χ0v) is 16.4. The van der Waals surface area contributed by atoms with Gasteiger partial charge in [-0.05, 0) is 62.8 Å². The van der Waals surface area contributed by atoms with E-state index in [-0.39, 0.29) is 5.78 Å². The van der Waals surface area contributed by atoms with Crippen molar-refractivity contribution in [3.63, 3.8) is 0 Å². The summed E-state index contributed by atoms with van der Waals surface area (Å²) in [5.41, 5.74) is 5.51. The number of hydrogen-bond acceptors (Lipinski definition) is 3. The Hall–Kier alpha value is -2.99. The summed E-state index contributed by atoms with van der Waals surface area (Å²) >= 11 is 5.43. The fourth-order valence-corrected chi connectivity index (χ4v) is 3.07. The molecule has 3 rings (SSSR count). The smallest absolute Gasteiger partial charge is 0.175 e. The summed E-state index contributed by atoms with van der Waals surface area (Å²) < 4.78 is 1.97. The van der Waals surface area contributed by atoms with Crippen molar-refractivity contribution in [2.45, 2.75) is 27.3 Å². The van der Waals surface area contributed by atoms with Crippen LogP contribution in [0.15, 0.2) is 54.6 Å². The molecule has 6 heteroatoms. The van der Waals surface area contributed by atoms with Crippen LogP contribution in [0.5, 0.6) is 0 Å². The largest absolute Gasteiger partial charge is 0.332 e. The average molecular weight is 379 g/mol. The number of aromatic nitrogens is 2. The Kier molecular flexibility index (Phi) is 5.66. The van der Waals surface area contributed by atoms with Crippen molar-refractivity contribution in [1.29, 1.82) is 0 Å². The number of nitrogens with one attached hydrogen (secondary N) is 2. The molecule has 0 aliphatic carbocycles. The van der Waals surface area contributed by atoms with E-state index in [0.29, 0.717) is 17.2 Å². The molecule has 1 heterocycles. The number of aryl methyl sites for hydroxylation is 1. The number of carbonyl (C=O) groups excluding carboxylic acids is 1. The van der Waals surface area contributed by atoms with Crippen molar-refractivity contribution in [3.8, 4) is 0 Å². The van der Waals surface area contributed by atoms with Crippen LogP contribution in [-0.4, -0.2) is 20.7 Å². The number of benzene rings is 2. The Morgan fingerprint density at radius 1 is 1.04 bits per heavy atom. The second-order valence-corrected chi connectivity index (χ2v) is 6.81. The normalized spacial score (nSPS) is 10.5. The van der Waals surface area contributed by atoms with Crippen LogP contribution in [0.25, 0.3) is 0 Å². The predicted octanol–water partition coefficient (Wildman–Crippen LogP) is 4.56. The van der Waals surface area contributed by atoms with Gasteiger partial charge in [-0.15, -0.1) is 0 Å². The van der Waals surface area contributed by atoms with Crippen molar-refractivity contribution in [2.75, 3.05) is 10.6 Å². The molecule has 0 bridgehead atoms. The van der Waals surface area contributed by atoms with E-state index in [9.17, 15) is 4.79 Å². The molecule has 27 heavy (non-hydrogen) atoms. The Balaban J connectivity index is 1.69. The molecule has 1 aromatic heterocycles. The van der Waals surface area contributed by atoms with Gasteiger partial charge in [0.25, 0.3) is 0 Å². The maximum absolute atomic E-state index is 11.4. The topological polar surface area (TPSA) is 59.0 Å². The first-order valence-electron chi connectivity index (χ1n) is 8.71. The van der Waals surface area contributed by atoms with E-state index in [0.717, 1.165) is 22.8 Å². The first-order valence-corrected chi connectivity index (χ1v) is 9.12. The highest BCUT2D eigenvalue weighted by Crippen LogP contribution is 2.21. The van der Waals surface area contributed by atoms with Gasteiger partial charge in [-0.1, -0.05) is 30.3 Å². The van der Waals surface area contributed by atoms with Crippen LogP contribution in [0.4, 0.5) is 11.4 Å². The van der Waals surface area contributed by atoms with Crippen LogP contribution < -0.4 is 10.6 Å². The molecule has 0 aliphatic rings. The second kappa shape index (κ2) is 8.14. The fraction of sp³-hybridized carbons (Fsp3) is 0.190. The van der Waals surface area contributed by atoms with Crippen molar-refractivity contribution < 1.29 is 4.79 Å². The number of carbonyl (C=O) groups is 1. The molecule has 0 saturated carbocycles. The minimum atomic E-state index is 0.0410. The van der Waals surface area contributed by atoms with Crippen LogP contribution in [0.3, 0.4) is 0 Å². The lowest BCUT2D eigenvalue weighted by Gasteiger charge is -2.11. The van der Waals surface area contributed by atoms with Crippen LogP contribution in [-0.2, 0) is 6.54 Å². The summed E-state index contributed by atoms with van der Waals surface area (Å²) in [5.74, 6) is 0.0410. The Bertz CT molecular complexity index is 962. The predicted molar refractivity (Wildman–Crippen MR) is 114 cm³/mol. The molecular weight excluding hydrogens is 356 g/mol. The third-order valence-electron chi connectivity index (χ3n) is 4.34. The van der Waals surface area contributed by atoms with Crippen molar-refractivity contribution >= 4 is 34.5 Å². The highest BCUT2D eigenvalue weighted by Gasteiger charge is 2.13. The molecule has 0 amide bonds. The SMILES string of the molecule is CC(=O)c1ccc(NC(=S)Nc2c(C)nn(Cc3ccccc3)c2C)cc1. The highest BCUT2D eigenvalue weighted by molar-refractivity contribution is 7.80. The van der Waals surface area contributed by atoms with Crippen molar-refractivity contribution in [1.82, 2.24) is 9.78 Å². The van der Waals surface area contributed by atoms with Crippen molar-refractivity contribution in [3.05, 3.63) is 77.1 Å². The first-order chi connectivity index (χ1) is 12.9. The molecule has 0 unspecified atom stereocenters. The maximum atomic E-state index is 11.4. The number of rotatable bonds is 5. The van der Waals surface area contributed by atoms with Gasteiger partial charge in [0, 0.05) is 11.3 Å². The number of nitrogens with zero attached hydrogens (tertiary/aromatic N) is 2. The summed E-state index contributed by atoms with van der Waals surface area (Å²) in [7, 11) is 0. The molecule has 0 aliphatic heterocycles. The van der Waals surface area contributed by atoms with Crippen LogP contribution in [0.1, 0.15) is 34.2 Å². The van der Waals surface area contributed by atoms with Gasteiger partial charge in [0.15, 0.2) is 10.9 Å². The minimum Gasteiger partial charge on any atom is -0.332 e. The molecule has 0 atom stereocenters. The van der Waals surface area contributed by atoms with Gasteiger partial charge in [0.2, 0.25) is 0 Å². The van der Waals surface area contributed by atoms with Gasteiger partial charge in [0.05, 0.1) is 23.6 Å². The van der Waals surface area contributed by atoms with Crippen LogP contribution in [0.2, 0.25) is 0 Å². The zero-order valence-electron chi connectivity index (χ0n) is 15.6. The lowest BCUT2D eigenvalue weighted by atomic mass is 10.1. The van der Waals surface area contributed by atoms with Crippen molar-refractivity contribution in [2.24, 2.45) is 0 Å².